The minimum atomic E-state index is -0.398. The van der Waals surface area contributed by atoms with Gasteiger partial charge >= 0.3 is 0 Å². The zero-order valence-electron chi connectivity index (χ0n) is 11.8. The predicted octanol–water partition coefficient (Wildman–Crippen LogP) is 2.71. The first-order chi connectivity index (χ1) is 10.0. The molecule has 1 N–H and O–H groups in total. The first-order valence-corrected chi connectivity index (χ1v) is 6.44. The highest BCUT2D eigenvalue weighted by atomic mass is 35.5. The van der Waals surface area contributed by atoms with Crippen molar-refractivity contribution in [2.45, 2.75) is 6.92 Å². The van der Waals surface area contributed by atoms with Crippen LogP contribution in [0.25, 0.3) is 0 Å². The fourth-order valence-electron chi connectivity index (χ4n) is 1.65. The third kappa shape index (κ3) is 3.41. The van der Waals surface area contributed by atoms with Crippen LogP contribution in [0.4, 0.5) is 5.69 Å². The number of nitrogens with zero attached hydrogens (tertiary/aromatic N) is 2. The summed E-state index contributed by atoms with van der Waals surface area (Å²) in [5.74, 6) is 0.460. The van der Waals surface area contributed by atoms with Crippen LogP contribution >= 0.6 is 11.6 Å². The van der Waals surface area contributed by atoms with Crippen LogP contribution in [0.3, 0.4) is 0 Å². The van der Waals surface area contributed by atoms with Crippen LogP contribution in [0.5, 0.6) is 11.5 Å². The molecule has 2 aromatic rings. The lowest BCUT2D eigenvalue weighted by Gasteiger charge is -2.12. The molecule has 0 radical (unpaired) electrons. The molecule has 1 amide bonds. The fraction of sp³-hybridized carbons (Fsp3) is 0.214. The van der Waals surface area contributed by atoms with Gasteiger partial charge in [0.1, 0.15) is 17.2 Å². The molecule has 0 unspecified atom stereocenters. The number of anilines is 1. The molecule has 7 heteroatoms. The van der Waals surface area contributed by atoms with E-state index in [9.17, 15) is 4.79 Å². The van der Waals surface area contributed by atoms with E-state index >= 15 is 0 Å². The van der Waals surface area contributed by atoms with Gasteiger partial charge in [0.2, 0.25) is 0 Å². The number of benzene rings is 1. The Morgan fingerprint density at radius 1 is 1.14 bits per heavy atom. The van der Waals surface area contributed by atoms with E-state index in [1.165, 1.54) is 26.6 Å². The Kier molecular flexibility index (Phi) is 4.59. The molecule has 1 aromatic carbocycles. The minimum absolute atomic E-state index is 0.205. The lowest BCUT2D eigenvalue weighted by atomic mass is 10.2. The van der Waals surface area contributed by atoms with Crippen molar-refractivity contribution in [1.29, 1.82) is 0 Å². The summed E-state index contributed by atoms with van der Waals surface area (Å²) in [6, 6.07) is 3.15. The molecule has 0 aliphatic carbocycles. The van der Waals surface area contributed by atoms with E-state index in [2.05, 4.69) is 15.3 Å². The van der Waals surface area contributed by atoms with Crippen molar-refractivity contribution in [3.8, 4) is 11.5 Å². The zero-order chi connectivity index (χ0) is 15.4. The average molecular weight is 308 g/mol. The van der Waals surface area contributed by atoms with E-state index < -0.39 is 5.91 Å². The summed E-state index contributed by atoms with van der Waals surface area (Å²) in [6.07, 6.45) is 2.93. The molecule has 21 heavy (non-hydrogen) atoms. The third-order valence-electron chi connectivity index (χ3n) is 2.74. The highest BCUT2D eigenvalue weighted by Crippen LogP contribution is 2.35. The molecule has 0 spiro atoms. The molecule has 0 atom stereocenters. The number of amides is 1. The van der Waals surface area contributed by atoms with E-state index in [-0.39, 0.29) is 5.69 Å². The first-order valence-electron chi connectivity index (χ1n) is 6.06. The summed E-state index contributed by atoms with van der Waals surface area (Å²) in [5.41, 5.74) is 1.37. The maximum absolute atomic E-state index is 12.1. The number of hydrogen-bond acceptors (Lipinski definition) is 5. The fourth-order valence-corrected chi connectivity index (χ4v) is 1.89. The molecule has 6 nitrogen and oxygen atoms in total. The van der Waals surface area contributed by atoms with Gasteiger partial charge in [-0.1, -0.05) is 11.6 Å². The van der Waals surface area contributed by atoms with Crippen LogP contribution in [0.2, 0.25) is 5.02 Å². The molecule has 0 bridgehead atoms. The second-order valence-electron chi connectivity index (χ2n) is 4.18. The van der Waals surface area contributed by atoms with Crippen molar-refractivity contribution in [2.75, 3.05) is 19.5 Å². The summed E-state index contributed by atoms with van der Waals surface area (Å²) in [6.45, 7) is 1.79. The summed E-state index contributed by atoms with van der Waals surface area (Å²) >= 11 is 6.01. The van der Waals surface area contributed by atoms with E-state index in [0.717, 1.165) is 5.69 Å². The Balaban J connectivity index is 2.29. The average Bonchev–Trinajstić information content (AvgIpc) is 2.49. The Morgan fingerprint density at radius 3 is 2.43 bits per heavy atom. The zero-order valence-corrected chi connectivity index (χ0v) is 12.6. The smallest absolute Gasteiger partial charge is 0.275 e. The standard InChI is InChI=1S/C14H14ClN3O3/c1-8-6-17-11(7-16-8)14(19)18-10-5-12(20-2)9(15)4-13(10)21-3/h4-7H,1-3H3,(H,18,19). The van der Waals surface area contributed by atoms with Crippen LogP contribution in [-0.4, -0.2) is 30.1 Å². The van der Waals surface area contributed by atoms with Gasteiger partial charge in [-0.25, -0.2) is 4.98 Å². The first kappa shape index (κ1) is 15.1. The van der Waals surface area contributed by atoms with Crippen LogP contribution in [0.1, 0.15) is 16.2 Å². The number of hydrogen-bond donors (Lipinski definition) is 1. The SMILES string of the molecule is COc1cc(NC(=O)c2cnc(C)cn2)c(OC)cc1Cl. The van der Waals surface area contributed by atoms with Gasteiger partial charge in [-0.15, -0.1) is 0 Å². The molecule has 0 aliphatic heterocycles. The topological polar surface area (TPSA) is 73.3 Å². The maximum atomic E-state index is 12.1. The van der Waals surface area contributed by atoms with E-state index in [0.29, 0.717) is 22.2 Å². The monoisotopic (exact) mass is 307 g/mol. The number of aromatic nitrogens is 2. The normalized spacial score (nSPS) is 10.1. The number of carbonyl (C=O) groups is 1. The molecule has 0 aliphatic rings. The van der Waals surface area contributed by atoms with Gasteiger partial charge in [-0.3, -0.25) is 9.78 Å². The highest BCUT2D eigenvalue weighted by Gasteiger charge is 2.14. The largest absolute Gasteiger partial charge is 0.495 e. The maximum Gasteiger partial charge on any atom is 0.275 e. The van der Waals surface area contributed by atoms with E-state index in [4.69, 9.17) is 21.1 Å². The molecule has 1 aromatic heterocycles. The van der Waals surface area contributed by atoms with Crippen molar-refractivity contribution in [1.82, 2.24) is 9.97 Å². The molecule has 1 heterocycles. The Bertz CT molecular complexity index is 659. The quantitative estimate of drug-likeness (QED) is 0.940. The van der Waals surface area contributed by atoms with E-state index in [1.807, 2.05) is 0 Å². The lowest BCUT2D eigenvalue weighted by Crippen LogP contribution is -2.15. The summed E-state index contributed by atoms with van der Waals surface area (Å²) < 4.78 is 10.3. The summed E-state index contributed by atoms with van der Waals surface area (Å²) in [5, 5.41) is 3.09. The van der Waals surface area contributed by atoms with Gasteiger partial charge in [0.25, 0.3) is 5.91 Å². The van der Waals surface area contributed by atoms with Crippen molar-refractivity contribution in [2.24, 2.45) is 0 Å². The number of halogens is 1. The molecule has 0 saturated carbocycles. The lowest BCUT2D eigenvalue weighted by molar-refractivity contribution is 0.102. The predicted molar refractivity (Wildman–Crippen MR) is 79.3 cm³/mol. The van der Waals surface area contributed by atoms with Gasteiger partial charge in [0.05, 0.1) is 36.8 Å². The van der Waals surface area contributed by atoms with Crippen LogP contribution in [-0.2, 0) is 0 Å². The van der Waals surface area contributed by atoms with Crippen molar-refractivity contribution in [3.63, 3.8) is 0 Å². The van der Waals surface area contributed by atoms with Gasteiger partial charge in [0, 0.05) is 18.3 Å². The number of carbonyl (C=O) groups excluding carboxylic acids is 1. The van der Waals surface area contributed by atoms with Crippen LogP contribution in [0, 0.1) is 6.92 Å². The van der Waals surface area contributed by atoms with Crippen LogP contribution < -0.4 is 14.8 Å². The van der Waals surface area contributed by atoms with Crippen LogP contribution in [0.15, 0.2) is 24.5 Å². The molecular formula is C14H14ClN3O3. The minimum Gasteiger partial charge on any atom is -0.495 e. The molecule has 110 valence electrons. The number of methoxy groups -OCH3 is 2. The second-order valence-corrected chi connectivity index (χ2v) is 4.59. The highest BCUT2D eigenvalue weighted by molar-refractivity contribution is 6.32. The Hall–Kier alpha value is -2.34. The van der Waals surface area contributed by atoms with Gasteiger partial charge in [0.15, 0.2) is 0 Å². The van der Waals surface area contributed by atoms with Crippen molar-refractivity contribution in [3.05, 3.63) is 40.9 Å². The number of ether oxygens (including phenoxy) is 2. The van der Waals surface area contributed by atoms with E-state index in [1.54, 1.807) is 19.1 Å². The second kappa shape index (κ2) is 6.41. The van der Waals surface area contributed by atoms with Crippen molar-refractivity contribution >= 4 is 23.2 Å². The number of aryl methyl sites for hydroxylation is 1. The molecular weight excluding hydrogens is 294 g/mol. The van der Waals surface area contributed by atoms with Gasteiger partial charge in [-0.2, -0.15) is 0 Å². The van der Waals surface area contributed by atoms with Crippen molar-refractivity contribution < 1.29 is 14.3 Å². The van der Waals surface area contributed by atoms with Gasteiger partial charge < -0.3 is 14.8 Å². The summed E-state index contributed by atoms with van der Waals surface area (Å²) in [7, 11) is 2.98. The molecule has 0 fully saturated rings. The Labute approximate surface area is 127 Å². The number of nitrogens with one attached hydrogen (secondary N) is 1. The third-order valence-corrected chi connectivity index (χ3v) is 3.03. The number of rotatable bonds is 4. The Morgan fingerprint density at radius 2 is 1.86 bits per heavy atom. The molecule has 0 saturated heterocycles. The van der Waals surface area contributed by atoms with Gasteiger partial charge in [-0.05, 0) is 6.92 Å². The molecule has 2 rings (SSSR count). The summed E-state index contributed by atoms with van der Waals surface area (Å²) in [4.78, 5) is 20.2.